The Balaban J connectivity index is 2.04. The van der Waals surface area contributed by atoms with Gasteiger partial charge in [-0.05, 0) is 18.8 Å². The third-order valence-corrected chi connectivity index (χ3v) is 5.51. The lowest BCUT2D eigenvalue weighted by Crippen LogP contribution is -2.42. The van der Waals surface area contributed by atoms with E-state index in [9.17, 15) is 19.5 Å². The lowest BCUT2D eigenvalue weighted by Gasteiger charge is -2.24. The molecule has 0 aromatic heterocycles. The number of carbonyl (C=O) groups is 3. The number of hydrogen-bond donors (Lipinski definition) is 2. The number of ketones is 2. The highest BCUT2D eigenvalue weighted by molar-refractivity contribution is 8.04. The van der Waals surface area contributed by atoms with E-state index in [0.29, 0.717) is 10.2 Å². The molecule has 0 aromatic carbocycles. The Kier molecular flexibility index (Phi) is 6.04. The molecule has 0 amide bonds. The topological polar surface area (TPSA) is 83.5 Å². The summed E-state index contributed by atoms with van der Waals surface area (Å²) < 4.78 is 0. The predicted molar refractivity (Wildman–Crippen MR) is 90.0 cm³/mol. The number of hydrogen-bond acceptors (Lipinski definition) is 5. The molecule has 0 saturated heterocycles. The standard InChI is InChI=1S/C17H23NO4S/c1-10(2)16(17(21)22)18-12-8-14(20)15(9-13(12)19)23-11-6-4-3-5-7-11/h8-11,16,18H,3-7H2,1-2H3,(H,21,22)/t16-/m0/s1. The summed E-state index contributed by atoms with van der Waals surface area (Å²) in [5.41, 5.74) is 0.0732. The summed E-state index contributed by atoms with van der Waals surface area (Å²) in [6, 6.07) is -0.890. The molecule has 2 aliphatic rings. The minimum absolute atomic E-state index is 0.0732. The largest absolute Gasteiger partial charge is 0.480 e. The summed E-state index contributed by atoms with van der Waals surface area (Å²) in [7, 11) is 0. The van der Waals surface area contributed by atoms with Gasteiger partial charge in [-0.25, -0.2) is 4.79 Å². The van der Waals surface area contributed by atoms with Gasteiger partial charge >= 0.3 is 5.97 Å². The van der Waals surface area contributed by atoms with Gasteiger partial charge in [-0.3, -0.25) is 9.59 Å². The van der Waals surface area contributed by atoms with Gasteiger partial charge in [0.2, 0.25) is 5.78 Å². The number of aliphatic carboxylic acids is 1. The first kappa shape index (κ1) is 17.8. The molecule has 0 heterocycles. The van der Waals surface area contributed by atoms with E-state index < -0.39 is 12.0 Å². The molecule has 0 radical (unpaired) electrons. The van der Waals surface area contributed by atoms with Crippen molar-refractivity contribution in [2.75, 3.05) is 0 Å². The van der Waals surface area contributed by atoms with Crippen LogP contribution in [-0.4, -0.2) is 33.9 Å². The molecule has 6 heteroatoms. The maximum absolute atomic E-state index is 12.2. The molecular weight excluding hydrogens is 314 g/mol. The Morgan fingerprint density at radius 3 is 2.39 bits per heavy atom. The van der Waals surface area contributed by atoms with Gasteiger partial charge < -0.3 is 10.4 Å². The van der Waals surface area contributed by atoms with Crippen LogP contribution in [0.15, 0.2) is 22.8 Å². The fourth-order valence-corrected chi connectivity index (χ4v) is 4.07. The smallest absolute Gasteiger partial charge is 0.326 e. The fourth-order valence-electron chi connectivity index (χ4n) is 2.79. The molecule has 2 rings (SSSR count). The summed E-state index contributed by atoms with van der Waals surface area (Å²) in [5.74, 6) is -1.77. The molecule has 0 bridgehead atoms. The maximum Gasteiger partial charge on any atom is 0.326 e. The molecule has 126 valence electrons. The molecule has 1 saturated carbocycles. The van der Waals surface area contributed by atoms with Crippen molar-refractivity contribution in [2.45, 2.75) is 57.2 Å². The first-order chi connectivity index (χ1) is 10.9. The van der Waals surface area contributed by atoms with Gasteiger partial charge in [-0.2, -0.15) is 0 Å². The van der Waals surface area contributed by atoms with Crippen molar-refractivity contribution in [3.05, 3.63) is 22.8 Å². The average molecular weight is 337 g/mol. The molecule has 1 atom stereocenters. The van der Waals surface area contributed by atoms with Gasteiger partial charge in [-0.1, -0.05) is 33.1 Å². The van der Waals surface area contributed by atoms with E-state index in [1.807, 2.05) is 0 Å². The summed E-state index contributed by atoms with van der Waals surface area (Å²) in [6.45, 7) is 3.50. The number of carboxylic acids is 1. The van der Waals surface area contributed by atoms with Crippen LogP contribution in [0.25, 0.3) is 0 Å². The summed E-state index contributed by atoms with van der Waals surface area (Å²) in [4.78, 5) is 36.1. The van der Waals surface area contributed by atoms with Gasteiger partial charge in [0.05, 0.1) is 10.6 Å². The van der Waals surface area contributed by atoms with Crippen molar-refractivity contribution in [3.63, 3.8) is 0 Å². The number of carboxylic acid groups (broad SMARTS) is 1. The lowest BCUT2D eigenvalue weighted by molar-refractivity contribution is -0.140. The third kappa shape index (κ3) is 4.70. The van der Waals surface area contributed by atoms with Crippen LogP contribution >= 0.6 is 11.8 Å². The molecule has 2 aliphatic carbocycles. The first-order valence-electron chi connectivity index (χ1n) is 8.06. The van der Waals surface area contributed by atoms with Crippen LogP contribution in [-0.2, 0) is 14.4 Å². The summed E-state index contributed by atoms with van der Waals surface area (Å²) in [5, 5.41) is 12.3. The van der Waals surface area contributed by atoms with E-state index in [4.69, 9.17) is 0 Å². The molecule has 0 aromatic rings. The van der Waals surface area contributed by atoms with Crippen LogP contribution < -0.4 is 5.32 Å². The van der Waals surface area contributed by atoms with Gasteiger partial charge in [-0.15, -0.1) is 11.8 Å². The summed E-state index contributed by atoms with van der Waals surface area (Å²) in [6.07, 6.45) is 8.33. The maximum atomic E-state index is 12.2. The normalized spacial score (nSPS) is 21.0. The van der Waals surface area contributed by atoms with E-state index in [1.165, 1.54) is 43.2 Å². The molecule has 2 N–H and O–H groups in total. The number of carbonyl (C=O) groups excluding carboxylic acids is 2. The Bertz CT molecular complexity index is 559. The van der Waals surface area contributed by atoms with Crippen LogP contribution in [0.5, 0.6) is 0 Å². The zero-order valence-corrected chi connectivity index (χ0v) is 14.3. The molecule has 1 fully saturated rings. The second-order valence-electron chi connectivity index (χ2n) is 6.38. The molecule has 23 heavy (non-hydrogen) atoms. The highest BCUT2D eigenvalue weighted by atomic mass is 32.2. The van der Waals surface area contributed by atoms with E-state index in [1.54, 1.807) is 13.8 Å². The van der Waals surface area contributed by atoms with Crippen LogP contribution in [0.4, 0.5) is 0 Å². The Hall–Kier alpha value is -1.56. The van der Waals surface area contributed by atoms with Gasteiger partial charge in [0.1, 0.15) is 6.04 Å². The van der Waals surface area contributed by atoms with Crippen molar-refractivity contribution in [3.8, 4) is 0 Å². The van der Waals surface area contributed by atoms with E-state index in [-0.39, 0.29) is 23.2 Å². The number of rotatable bonds is 6. The van der Waals surface area contributed by atoms with Gasteiger partial charge in [0.15, 0.2) is 5.78 Å². The third-order valence-electron chi connectivity index (χ3n) is 4.14. The Morgan fingerprint density at radius 2 is 1.83 bits per heavy atom. The van der Waals surface area contributed by atoms with E-state index in [2.05, 4.69) is 5.32 Å². The van der Waals surface area contributed by atoms with Crippen LogP contribution in [0.1, 0.15) is 46.0 Å². The molecule has 0 spiro atoms. The van der Waals surface area contributed by atoms with E-state index in [0.717, 1.165) is 12.8 Å². The van der Waals surface area contributed by atoms with Gasteiger partial charge in [0, 0.05) is 17.4 Å². The molecule has 5 nitrogen and oxygen atoms in total. The fraction of sp³-hybridized carbons (Fsp3) is 0.588. The quantitative estimate of drug-likeness (QED) is 0.725. The molecule has 0 unspecified atom stereocenters. The minimum Gasteiger partial charge on any atom is -0.480 e. The van der Waals surface area contributed by atoms with Crippen LogP contribution in [0.3, 0.4) is 0 Å². The predicted octanol–water partition coefficient (Wildman–Crippen LogP) is 2.67. The zero-order valence-electron chi connectivity index (χ0n) is 13.5. The second kappa shape index (κ2) is 7.81. The number of nitrogens with one attached hydrogen (secondary N) is 1. The monoisotopic (exact) mass is 337 g/mol. The highest BCUT2D eigenvalue weighted by Crippen LogP contribution is 2.34. The first-order valence-corrected chi connectivity index (χ1v) is 8.94. The number of thioether (sulfide) groups is 1. The van der Waals surface area contributed by atoms with E-state index >= 15 is 0 Å². The lowest BCUT2D eigenvalue weighted by atomic mass is 10.0. The second-order valence-corrected chi connectivity index (χ2v) is 7.72. The van der Waals surface area contributed by atoms with Crippen LogP contribution in [0.2, 0.25) is 0 Å². The van der Waals surface area contributed by atoms with Crippen molar-refractivity contribution in [2.24, 2.45) is 5.92 Å². The molecule has 0 aliphatic heterocycles. The molecular formula is C17H23NO4S. The van der Waals surface area contributed by atoms with Crippen molar-refractivity contribution in [1.29, 1.82) is 0 Å². The summed E-state index contributed by atoms with van der Waals surface area (Å²) >= 11 is 1.49. The van der Waals surface area contributed by atoms with Crippen molar-refractivity contribution >= 4 is 29.3 Å². The SMILES string of the molecule is CC(C)[C@H](NC1=CC(=O)C(SC2CCCCC2)=CC1=O)C(=O)O. The Morgan fingerprint density at radius 1 is 1.17 bits per heavy atom. The average Bonchev–Trinajstić information content (AvgIpc) is 2.49. The number of allylic oxidation sites excluding steroid dienone is 3. The Labute approximate surface area is 140 Å². The zero-order chi connectivity index (χ0) is 17.0. The van der Waals surface area contributed by atoms with Gasteiger partial charge in [0.25, 0.3) is 0 Å². The van der Waals surface area contributed by atoms with Crippen molar-refractivity contribution < 1.29 is 19.5 Å². The highest BCUT2D eigenvalue weighted by Gasteiger charge is 2.28. The van der Waals surface area contributed by atoms with Crippen molar-refractivity contribution in [1.82, 2.24) is 5.32 Å². The van der Waals surface area contributed by atoms with Crippen LogP contribution in [0, 0.1) is 5.92 Å². The minimum atomic E-state index is -1.03.